The molecule has 0 aliphatic rings. The first-order chi connectivity index (χ1) is 16.8. The maximum Gasteiger partial charge on any atom is 0.266 e. The molecular formula is C26H21Cl2N3O4. The molecule has 0 heterocycles. The number of rotatable bonds is 8. The third-order valence-electron chi connectivity index (χ3n) is 4.80. The van der Waals surface area contributed by atoms with Gasteiger partial charge < -0.3 is 20.1 Å². The van der Waals surface area contributed by atoms with Crippen LogP contribution >= 0.6 is 23.2 Å². The van der Waals surface area contributed by atoms with Gasteiger partial charge >= 0.3 is 0 Å². The smallest absolute Gasteiger partial charge is 0.266 e. The van der Waals surface area contributed by atoms with E-state index in [1.165, 1.54) is 19.3 Å². The zero-order valence-corrected chi connectivity index (χ0v) is 20.4. The first-order valence-corrected chi connectivity index (χ1v) is 11.1. The van der Waals surface area contributed by atoms with Crippen molar-refractivity contribution in [2.45, 2.75) is 6.92 Å². The predicted molar refractivity (Wildman–Crippen MR) is 137 cm³/mol. The number of nitriles is 1. The lowest BCUT2D eigenvalue weighted by Gasteiger charge is -2.11. The number of amides is 2. The van der Waals surface area contributed by atoms with Crippen molar-refractivity contribution in [3.63, 3.8) is 0 Å². The number of hydrogen-bond donors (Lipinski definition) is 2. The van der Waals surface area contributed by atoms with Gasteiger partial charge in [-0.2, -0.15) is 5.26 Å². The van der Waals surface area contributed by atoms with E-state index in [4.69, 9.17) is 32.7 Å². The lowest BCUT2D eigenvalue weighted by atomic mass is 10.1. The van der Waals surface area contributed by atoms with Crippen LogP contribution in [0, 0.1) is 18.3 Å². The van der Waals surface area contributed by atoms with Crippen LogP contribution in [0.1, 0.15) is 11.1 Å². The topological polar surface area (TPSA) is 100 Å². The lowest BCUT2D eigenvalue weighted by Crippen LogP contribution is -2.20. The van der Waals surface area contributed by atoms with Crippen molar-refractivity contribution in [3.05, 3.63) is 87.4 Å². The largest absolute Gasteiger partial charge is 0.497 e. The van der Waals surface area contributed by atoms with Gasteiger partial charge in [0.05, 0.1) is 7.11 Å². The molecule has 3 aromatic carbocycles. The number of benzene rings is 3. The van der Waals surface area contributed by atoms with Crippen molar-refractivity contribution in [3.8, 4) is 17.6 Å². The van der Waals surface area contributed by atoms with E-state index >= 15 is 0 Å². The number of carbonyl (C=O) groups excluding carboxylic acids is 2. The van der Waals surface area contributed by atoms with Crippen LogP contribution in [0.3, 0.4) is 0 Å². The monoisotopic (exact) mass is 509 g/mol. The van der Waals surface area contributed by atoms with Gasteiger partial charge in [0.25, 0.3) is 11.8 Å². The molecule has 3 rings (SSSR count). The van der Waals surface area contributed by atoms with Gasteiger partial charge in [-0.1, -0.05) is 29.3 Å². The fourth-order valence-electron chi connectivity index (χ4n) is 2.95. The minimum absolute atomic E-state index is 0.174. The van der Waals surface area contributed by atoms with Crippen molar-refractivity contribution in [2.75, 3.05) is 24.4 Å². The Hall–Kier alpha value is -3.99. The van der Waals surface area contributed by atoms with E-state index in [0.29, 0.717) is 32.7 Å². The van der Waals surface area contributed by atoms with E-state index in [0.717, 1.165) is 5.56 Å². The van der Waals surface area contributed by atoms with Crippen LogP contribution in [-0.2, 0) is 9.59 Å². The van der Waals surface area contributed by atoms with Crippen LogP contribution in [0.5, 0.6) is 11.5 Å². The molecule has 0 unspecified atom stereocenters. The molecule has 0 spiro atoms. The number of hydrogen-bond acceptors (Lipinski definition) is 5. The Bertz CT molecular complexity index is 1320. The van der Waals surface area contributed by atoms with Gasteiger partial charge in [0.2, 0.25) is 0 Å². The number of methoxy groups -OCH3 is 1. The van der Waals surface area contributed by atoms with Crippen LogP contribution < -0.4 is 20.1 Å². The van der Waals surface area contributed by atoms with E-state index in [9.17, 15) is 14.9 Å². The predicted octanol–water partition coefficient (Wildman–Crippen LogP) is 5.87. The number of halogens is 2. The van der Waals surface area contributed by atoms with Gasteiger partial charge in [0.15, 0.2) is 6.61 Å². The zero-order valence-electron chi connectivity index (χ0n) is 18.9. The molecule has 0 radical (unpaired) electrons. The number of nitrogens with zero attached hydrogens (tertiary/aromatic N) is 1. The molecule has 0 aliphatic carbocycles. The van der Waals surface area contributed by atoms with Crippen molar-refractivity contribution in [2.24, 2.45) is 0 Å². The van der Waals surface area contributed by atoms with Crippen LogP contribution in [0.4, 0.5) is 11.4 Å². The van der Waals surface area contributed by atoms with Gasteiger partial charge in [-0.05, 0) is 73.2 Å². The van der Waals surface area contributed by atoms with Crippen LogP contribution in [0.25, 0.3) is 6.08 Å². The van der Waals surface area contributed by atoms with Crippen LogP contribution in [0.15, 0.2) is 66.2 Å². The maximum absolute atomic E-state index is 12.6. The van der Waals surface area contributed by atoms with Gasteiger partial charge in [-0.25, -0.2) is 0 Å². The molecule has 7 nitrogen and oxygen atoms in total. The molecule has 0 saturated heterocycles. The Kier molecular flexibility index (Phi) is 8.74. The minimum Gasteiger partial charge on any atom is -0.497 e. The molecule has 9 heteroatoms. The summed E-state index contributed by atoms with van der Waals surface area (Å²) in [6.45, 7) is 1.55. The molecule has 3 aromatic rings. The number of carbonyl (C=O) groups is 2. The van der Waals surface area contributed by atoms with E-state index in [1.807, 2.05) is 13.0 Å². The number of nitrogens with one attached hydrogen (secondary N) is 2. The van der Waals surface area contributed by atoms with Crippen molar-refractivity contribution < 1.29 is 19.1 Å². The summed E-state index contributed by atoms with van der Waals surface area (Å²) in [6, 6.07) is 18.4. The van der Waals surface area contributed by atoms with Crippen LogP contribution in [0.2, 0.25) is 10.0 Å². The van der Waals surface area contributed by atoms with E-state index < -0.39 is 11.8 Å². The van der Waals surface area contributed by atoms with E-state index in [1.54, 1.807) is 54.6 Å². The Balaban J connectivity index is 1.73. The molecule has 35 heavy (non-hydrogen) atoms. The first-order valence-electron chi connectivity index (χ1n) is 10.3. The SMILES string of the molecule is COc1ccc(NC(=O)/C(C#N)=C\c2cc(Cl)ccc2OCC(=O)Nc2ccc(C)c(Cl)c2)cc1. The summed E-state index contributed by atoms with van der Waals surface area (Å²) in [5.74, 6) is -0.115. The lowest BCUT2D eigenvalue weighted by molar-refractivity contribution is -0.118. The summed E-state index contributed by atoms with van der Waals surface area (Å²) >= 11 is 12.2. The Morgan fingerprint density at radius 3 is 2.37 bits per heavy atom. The second-order valence-corrected chi connectivity index (χ2v) is 8.18. The molecule has 0 aromatic heterocycles. The Morgan fingerprint density at radius 1 is 1.00 bits per heavy atom. The standard InChI is InChI=1S/C26H21Cl2N3O4/c1-16-3-5-21(13-23(16)28)30-25(32)15-35-24-10-4-19(27)12-17(24)11-18(14-29)26(33)31-20-6-8-22(34-2)9-7-20/h3-13H,15H2,1-2H3,(H,30,32)(H,31,33)/b18-11-. The summed E-state index contributed by atoms with van der Waals surface area (Å²) < 4.78 is 10.7. The van der Waals surface area contributed by atoms with Crippen LogP contribution in [-0.4, -0.2) is 25.5 Å². The normalized spacial score (nSPS) is 10.8. The average Bonchev–Trinajstić information content (AvgIpc) is 2.84. The summed E-state index contributed by atoms with van der Waals surface area (Å²) in [4.78, 5) is 25.0. The van der Waals surface area contributed by atoms with Crippen molar-refractivity contribution >= 4 is 52.5 Å². The molecule has 0 fully saturated rings. The molecule has 2 amide bonds. The fraction of sp³-hybridized carbons (Fsp3) is 0.115. The summed E-state index contributed by atoms with van der Waals surface area (Å²) in [5.41, 5.74) is 2.11. The van der Waals surface area contributed by atoms with Gasteiger partial charge in [0, 0.05) is 27.0 Å². The summed E-state index contributed by atoms with van der Waals surface area (Å²) in [7, 11) is 1.54. The van der Waals surface area contributed by atoms with Gasteiger partial charge in [-0.3, -0.25) is 9.59 Å². The molecule has 2 N–H and O–H groups in total. The fourth-order valence-corrected chi connectivity index (χ4v) is 3.31. The third kappa shape index (κ3) is 7.24. The Morgan fingerprint density at radius 2 is 1.71 bits per heavy atom. The maximum atomic E-state index is 12.6. The number of aryl methyl sites for hydroxylation is 1. The molecule has 0 bridgehead atoms. The Labute approximate surface area is 212 Å². The van der Waals surface area contributed by atoms with E-state index in [2.05, 4.69) is 10.6 Å². The summed E-state index contributed by atoms with van der Waals surface area (Å²) in [5, 5.41) is 15.8. The third-order valence-corrected chi connectivity index (χ3v) is 5.44. The van der Waals surface area contributed by atoms with Gasteiger partial charge in [-0.15, -0.1) is 0 Å². The molecule has 0 aliphatic heterocycles. The summed E-state index contributed by atoms with van der Waals surface area (Å²) in [6.07, 6.45) is 1.34. The van der Waals surface area contributed by atoms with Crippen molar-refractivity contribution in [1.82, 2.24) is 0 Å². The van der Waals surface area contributed by atoms with Crippen molar-refractivity contribution in [1.29, 1.82) is 5.26 Å². The average molecular weight is 510 g/mol. The quantitative estimate of drug-likeness (QED) is 0.292. The molecular weight excluding hydrogens is 489 g/mol. The second kappa shape index (κ2) is 11.9. The highest BCUT2D eigenvalue weighted by atomic mass is 35.5. The van der Waals surface area contributed by atoms with Gasteiger partial charge in [0.1, 0.15) is 23.1 Å². The molecule has 0 saturated carbocycles. The highest BCUT2D eigenvalue weighted by Gasteiger charge is 2.13. The first kappa shape index (κ1) is 25.6. The highest BCUT2D eigenvalue weighted by molar-refractivity contribution is 6.31. The minimum atomic E-state index is -0.613. The second-order valence-electron chi connectivity index (χ2n) is 7.34. The van der Waals surface area contributed by atoms with E-state index in [-0.39, 0.29) is 17.9 Å². The number of anilines is 2. The molecule has 178 valence electrons. The number of ether oxygens (including phenoxy) is 2. The highest BCUT2D eigenvalue weighted by Crippen LogP contribution is 2.26. The zero-order chi connectivity index (χ0) is 25.4. The molecule has 0 atom stereocenters.